The van der Waals surface area contributed by atoms with Crippen LogP contribution in [0.2, 0.25) is 0 Å². The molecule has 2 heterocycles. The predicted octanol–water partition coefficient (Wildman–Crippen LogP) is 2.27. The van der Waals surface area contributed by atoms with Gasteiger partial charge in [-0.1, -0.05) is 20.8 Å². The zero-order valence-corrected chi connectivity index (χ0v) is 10.9. The Hall–Kier alpha value is -1.62. The number of nitrogen functional groups attached to an aromatic ring is 1. The van der Waals surface area contributed by atoms with Gasteiger partial charge in [-0.2, -0.15) is 0 Å². The van der Waals surface area contributed by atoms with Gasteiger partial charge in [0.15, 0.2) is 0 Å². The van der Waals surface area contributed by atoms with Gasteiger partial charge in [0, 0.05) is 16.5 Å². The van der Waals surface area contributed by atoms with Gasteiger partial charge >= 0.3 is 0 Å². The molecule has 17 heavy (non-hydrogen) atoms. The molecule has 0 aromatic carbocycles. The number of carbonyl (C=O) groups is 1. The minimum atomic E-state index is -0.497. The largest absolute Gasteiger partial charge is 0.397 e. The van der Waals surface area contributed by atoms with Crippen LogP contribution in [0.3, 0.4) is 0 Å². The molecule has 5 heteroatoms. The number of hydrogen-bond acceptors (Lipinski definition) is 4. The fraction of sp³-hybridized carbons (Fsp3) is 0.333. The number of thiophene rings is 1. The topological polar surface area (TPSA) is 82.0 Å². The summed E-state index contributed by atoms with van der Waals surface area (Å²) in [6, 6.07) is 3.84. The summed E-state index contributed by atoms with van der Waals surface area (Å²) in [5.74, 6) is -0.497. The molecule has 0 aliphatic heterocycles. The van der Waals surface area contributed by atoms with E-state index in [1.54, 1.807) is 0 Å². The van der Waals surface area contributed by atoms with Crippen molar-refractivity contribution in [1.29, 1.82) is 0 Å². The Morgan fingerprint density at radius 2 is 2.00 bits per heavy atom. The number of fused-ring (bicyclic) bond motifs is 1. The van der Waals surface area contributed by atoms with Gasteiger partial charge in [0.05, 0.1) is 5.69 Å². The van der Waals surface area contributed by atoms with Crippen LogP contribution < -0.4 is 11.5 Å². The van der Waals surface area contributed by atoms with Crippen LogP contribution in [-0.4, -0.2) is 10.9 Å². The maximum atomic E-state index is 11.2. The SMILES string of the molecule is CC(C)(C)c1ccc2c(N)c(C(N)=O)sc2n1. The smallest absolute Gasteiger partial charge is 0.260 e. The second-order valence-corrected chi connectivity index (χ2v) is 6.01. The Balaban J connectivity index is 2.68. The summed E-state index contributed by atoms with van der Waals surface area (Å²) in [6.45, 7) is 6.27. The van der Waals surface area contributed by atoms with Crippen LogP contribution in [0.15, 0.2) is 12.1 Å². The molecule has 0 saturated heterocycles. The van der Waals surface area contributed by atoms with E-state index in [9.17, 15) is 4.79 Å². The Morgan fingerprint density at radius 3 is 2.53 bits per heavy atom. The fourth-order valence-electron chi connectivity index (χ4n) is 1.60. The highest BCUT2D eigenvalue weighted by atomic mass is 32.1. The minimum Gasteiger partial charge on any atom is -0.397 e. The quantitative estimate of drug-likeness (QED) is 0.813. The van der Waals surface area contributed by atoms with Gasteiger partial charge in [0.2, 0.25) is 0 Å². The maximum absolute atomic E-state index is 11.2. The van der Waals surface area contributed by atoms with Gasteiger partial charge in [0.1, 0.15) is 9.71 Å². The summed E-state index contributed by atoms with van der Waals surface area (Å²) in [4.78, 5) is 16.9. The molecule has 4 N–H and O–H groups in total. The molecule has 0 bridgehead atoms. The summed E-state index contributed by atoms with van der Waals surface area (Å²) in [6.07, 6.45) is 0. The second-order valence-electron chi connectivity index (χ2n) is 5.01. The lowest BCUT2D eigenvalue weighted by molar-refractivity contribution is 0.100. The summed E-state index contributed by atoms with van der Waals surface area (Å²) < 4.78 is 0. The number of pyridine rings is 1. The molecule has 1 amide bonds. The fourth-order valence-corrected chi connectivity index (χ4v) is 2.54. The van der Waals surface area contributed by atoms with E-state index in [2.05, 4.69) is 25.8 Å². The maximum Gasteiger partial charge on any atom is 0.260 e. The monoisotopic (exact) mass is 249 g/mol. The van der Waals surface area contributed by atoms with Crippen LogP contribution in [-0.2, 0) is 5.41 Å². The number of rotatable bonds is 1. The van der Waals surface area contributed by atoms with E-state index in [1.165, 1.54) is 11.3 Å². The summed E-state index contributed by atoms with van der Waals surface area (Å²) >= 11 is 1.25. The van der Waals surface area contributed by atoms with Crippen molar-refractivity contribution in [2.75, 3.05) is 5.73 Å². The highest BCUT2D eigenvalue weighted by Gasteiger charge is 2.19. The van der Waals surface area contributed by atoms with Crippen molar-refractivity contribution in [2.45, 2.75) is 26.2 Å². The molecule has 4 nitrogen and oxygen atoms in total. The molecule has 2 aromatic rings. The zero-order chi connectivity index (χ0) is 12.8. The third-order valence-corrected chi connectivity index (χ3v) is 3.72. The van der Waals surface area contributed by atoms with Gasteiger partial charge in [-0.3, -0.25) is 4.79 Å². The van der Waals surface area contributed by atoms with Crippen LogP contribution in [0.5, 0.6) is 0 Å². The average molecular weight is 249 g/mol. The molecule has 2 rings (SSSR count). The van der Waals surface area contributed by atoms with Crippen molar-refractivity contribution in [3.8, 4) is 0 Å². The second kappa shape index (κ2) is 3.70. The minimum absolute atomic E-state index is 0.0279. The molecule has 0 spiro atoms. The Labute approximate surface area is 104 Å². The number of nitrogens with zero attached hydrogens (tertiary/aromatic N) is 1. The van der Waals surface area contributed by atoms with Crippen molar-refractivity contribution in [3.05, 3.63) is 22.7 Å². The highest BCUT2D eigenvalue weighted by Crippen LogP contribution is 2.33. The number of anilines is 1. The van der Waals surface area contributed by atoms with Crippen LogP contribution in [0.25, 0.3) is 10.2 Å². The molecule has 2 aromatic heterocycles. The van der Waals surface area contributed by atoms with E-state index in [-0.39, 0.29) is 5.41 Å². The Kier molecular flexibility index (Phi) is 2.58. The number of amides is 1. The van der Waals surface area contributed by atoms with Crippen LogP contribution >= 0.6 is 11.3 Å². The van der Waals surface area contributed by atoms with Crippen molar-refractivity contribution in [2.24, 2.45) is 5.73 Å². The lowest BCUT2D eigenvalue weighted by Crippen LogP contribution is -2.12. The number of hydrogen-bond donors (Lipinski definition) is 2. The highest BCUT2D eigenvalue weighted by molar-refractivity contribution is 7.21. The van der Waals surface area contributed by atoms with Crippen LogP contribution in [0.1, 0.15) is 36.1 Å². The van der Waals surface area contributed by atoms with E-state index in [4.69, 9.17) is 11.5 Å². The lowest BCUT2D eigenvalue weighted by Gasteiger charge is -2.17. The van der Waals surface area contributed by atoms with Crippen LogP contribution in [0.4, 0.5) is 5.69 Å². The third-order valence-electron chi connectivity index (χ3n) is 2.59. The first kappa shape index (κ1) is 11.9. The zero-order valence-electron chi connectivity index (χ0n) is 10.1. The first-order valence-electron chi connectivity index (χ1n) is 5.30. The molecule has 0 radical (unpaired) electrons. The van der Waals surface area contributed by atoms with E-state index in [0.717, 1.165) is 15.9 Å². The molecule has 90 valence electrons. The average Bonchev–Trinajstić information content (AvgIpc) is 2.54. The lowest BCUT2D eigenvalue weighted by atomic mass is 9.91. The molecule has 0 unspecified atom stereocenters. The van der Waals surface area contributed by atoms with E-state index in [0.29, 0.717) is 10.6 Å². The van der Waals surface area contributed by atoms with Crippen LogP contribution in [0, 0.1) is 0 Å². The van der Waals surface area contributed by atoms with Gasteiger partial charge in [-0.05, 0) is 12.1 Å². The number of aromatic nitrogens is 1. The van der Waals surface area contributed by atoms with E-state index < -0.39 is 5.91 Å². The van der Waals surface area contributed by atoms with Crippen molar-refractivity contribution in [1.82, 2.24) is 4.98 Å². The molecular weight excluding hydrogens is 234 g/mol. The molecule has 0 fully saturated rings. The normalized spacial score (nSPS) is 11.9. The van der Waals surface area contributed by atoms with E-state index >= 15 is 0 Å². The standard InChI is InChI=1S/C12H15N3OS/c1-12(2,3)7-5-4-6-8(13)9(10(14)16)17-11(6)15-7/h4-5H,13H2,1-3H3,(H2,14,16). The Morgan fingerprint density at radius 1 is 1.35 bits per heavy atom. The van der Waals surface area contributed by atoms with Gasteiger partial charge in [-0.15, -0.1) is 11.3 Å². The number of nitrogens with two attached hydrogens (primary N) is 2. The van der Waals surface area contributed by atoms with Crippen molar-refractivity contribution >= 4 is 33.1 Å². The summed E-state index contributed by atoms with van der Waals surface area (Å²) in [7, 11) is 0. The van der Waals surface area contributed by atoms with Gasteiger partial charge < -0.3 is 11.5 Å². The number of primary amides is 1. The first-order valence-corrected chi connectivity index (χ1v) is 6.11. The molecule has 0 saturated carbocycles. The molecule has 0 atom stereocenters. The van der Waals surface area contributed by atoms with E-state index in [1.807, 2.05) is 12.1 Å². The van der Waals surface area contributed by atoms with Gasteiger partial charge in [0.25, 0.3) is 5.91 Å². The molecule has 0 aliphatic carbocycles. The third kappa shape index (κ3) is 1.98. The summed E-state index contributed by atoms with van der Waals surface area (Å²) in [5.41, 5.74) is 12.5. The predicted molar refractivity (Wildman–Crippen MR) is 71.3 cm³/mol. The van der Waals surface area contributed by atoms with Crippen molar-refractivity contribution in [3.63, 3.8) is 0 Å². The van der Waals surface area contributed by atoms with Crippen molar-refractivity contribution < 1.29 is 4.79 Å². The van der Waals surface area contributed by atoms with Gasteiger partial charge in [-0.25, -0.2) is 4.98 Å². The first-order chi connectivity index (χ1) is 7.80. The number of carbonyl (C=O) groups excluding carboxylic acids is 1. The Bertz CT molecular complexity index is 596. The summed E-state index contributed by atoms with van der Waals surface area (Å²) in [5, 5.41) is 0.803. The molecule has 0 aliphatic rings. The molecular formula is C12H15N3OS.